The lowest BCUT2D eigenvalue weighted by molar-refractivity contribution is 0.0933. The maximum Gasteiger partial charge on any atom is 0.297 e. The summed E-state index contributed by atoms with van der Waals surface area (Å²) in [7, 11) is 0. The van der Waals surface area contributed by atoms with Crippen molar-refractivity contribution in [1.29, 1.82) is 0 Å². The maximum atomic E-state index is 12.8. The van der Waals surface area contributed by atoms with Crippen molar-refractivity contribution in [2.45, 2.75) is 119 Å². The fourth-order valence-corrected chi connectivity index (χ4v) is 13.1. The number of piperazine rings is 3. The highest BCUT2D eigenvalue weighted by Crippen LogP contribution is 2.29. The molecule has 9 heterocycles. The Hall–Kier alpha value is -7.52. The Balaban J connectivity index is 0.000000144. The van der Waals surface area contributed by atoms with Crippen LogP contribution in [0.4, 0.5) is 17.1 Å². The molecule has 0 radical (unpaired) electrons. The fraction of sp³-hybridized carbons (Fsp3) is 0.493. The number of anilines is 3. The molecule has 3 aliphatic heterocycles. The van der Waals surface area contributed by atoms with Crippen LogP contribution < -0.4 is 14.7 Å². The van der Waals surface area contributed by atoms with Gasteiger partial charge in [0.1, 0.15) is 0 Å². The SMILES string of the molecule is CC(CC(=O)c1cnc(N2CCN(C(C)C)CC2)o1)Cc1c[nH]c2ccccc12.CC(CC(=O)c1nc(N2CCN(C(C)C)CC2)n[nH]1)Cc1c[nH]c2ccccc12.CC(CC(=O)c1nnc(N2CCN(C(C)C)CC2)s1)Cc1c[nH]c2ccccc12. The number of ketones is 3. The van der Waals surface area contributed by atoms with Gasteiger partial charge in [-0.1, -0.05) is 86.7 Å². The number of Topliss-reactive ketones (excluding diaryl/α,β-unsaturated/α-hetero) is 3. The molecule has 462 valence electrons. The second-order valence-corrected chi connectivity index (χ2v) is 26.1. The molecule has 0 spiro atoms. The Morgan fingerprint density at radius 1 is 0.506 bits per heavy atom. The Morgan fingerprint density at radius 2 is 0.920 bits per heavy atom. The first-order valence-corrected chi connectivity index (χ1v) is 32.3. The van der Waals surface area contributed by atoms with Crippen molar-refractivity contribution in [2.75, 3.05) is 93.2 Å². The number of para-hydroxylation sites is 3. The molecule has 0 bridgehead atoms. The summed E-state index contributed by atoms with van der Waals surface area (Å²) in [5.74, 6) is 2.24. The molecule has 3 saturated heterocycles. The first-order chi connectivity index (χ1) is 42.0. The van der Waals surface area contributed by atoms with Crippen LogP contribution in [0.1, 0.15) is 129 Å². The van der Waals surface area contributed by atoms with E-state index in [1.54, 1.807) is 6.20 Å². The van der Waals surface area contributed by atoms with E-state index < -0.39 is 0 Å². The van der Waals surface area contributed by atoms with Crippen molar-refractivity contribution in [3.63, 3.8) is 0 Å². The zero-order chi connectivity index (χ0) is 61.1. The number of hydrogen-bond acceptors (Lipinski definition) is 16. The van der Waals surface area contributed by atoms with Crippen molar-refractivity contribution in [3.8, 4) is 0 Å². The van der Waals surface area contributed by atoms with Crippen LogP contribution in [0, 0.1) is 17.8 Å². The van der Waals surface area contributed by atoms with Crippen molar-refractivity contribution in [1.82, 2.24) is 60.0 Å². The van der Waals surface area contributed by atoms with Crippen LogP contribution in [0.5, 0.6) is 0 Å². The Labute approximate surface area is 515 Å². The molecule has 3 atom stereocenters. The summed E-state index contributed by atoms with van der Waals surface area (Å²) in [6.45, 7) is 31.1. The van der Waals surface area contributed by atoms with Gasteiger partial charge in [-0.15, -0.1) is 15.3 Å². The lowest BCUT2D eigenvalue weighted by Crippen LogP contribution is -2.49. The number of aromatic amines is 4. The van der Waals surface area contributed by atoms with Crippen LogP contribution in [0.25, 0.3) is 32.7 Å². The molecule has 9 aromatic rings. The maximum absolute atomic E-state index is 12.8. The van der Waals surface area contributed by atoms with Crippen LogP contribution in [0.3, 0.4) is 0 Å². The van der Waals surface area contributed by atoms with Crippen molar-refractivity contribution >= 4 is 78.5 Å². The molecule has 0 aliphatic carbocycles. The third-order valence-electron chi connectivity index (χ3n) is 17.4. The van der Waals surface area contributed by atoms with Crippen LogP contribution >= 0.6 is 11.3 Å². The van der Waals surface area contributed by atoms with Gasteiger partial charge < -0.3 is 34.1 Å². The lowest BCUT2D eigenvalue weighted by atomic mass is 9.95. The molecular formula is C67H89N15O4S. The van der Waals surface area contributed by atoms with Gasteiger partial charge in [-0.3, -0.25) is 34.2 Å². The van der Waals surface area contributed by atoms with Gasteiger partial charge >= 0.3 is 0 Å². The average molecular weight is 1200 g/mol. The van der Waals surface area contributed by atoms with E-state index in [0.29, 0.717) is 65.9 Å². The molecular weight excluding hydrogens is 1110 g/mol. The molecule has 19 nitrogen and oxygen atoms in total. The molecule has 3 fully saturated rings. The first-order valence-electron chi connectivity index (χ1n) is 31.5. The van der Waals surface area contributed by atoms with Crippen molar-refractivity contribution in [3.05, 3.63) is 131 Å². The van der Waals surface area contributed by atoms with Gasteiger partial charge in [-0.05, 0) is 113 Å². The van der Waals surface area contributed by atoms with Crippen LogP contribution in [-0.4, -0.2) is 174 Å². The van der Waals surface area contributed by atoms with E-state index in [4.69, 9.17) is 4.42 Å². The fourth-order valence-electron chi connectivity index (χ4n) is 12.3. The number of fused-ring (bicyclic) bond motifs is 3. The van der Waals surface area contributed by atoms with Crippen molar-refractivity contribution < 1.29 is 18.8 Å². The monoisotopic (exact) mass is 1200 g/mol. The summed E-state index contributed by atoms with van der Waals surface area (Å²) in [6, 6.07) is 27.1. The minimum atomic E-state index is 0.0249. The summed E-state index contributed by atoms with van der Waals surface area (Å²) in [4.78, 5) is 70.9. The standard InChI is InChI=1S/C23H30N4O2.C22H30N6O.C22H29N5OS/c1-16(2)26-8-10-27(11-9-26)23-25-15-22(29-23)21(28)13-17(3)12-18-14-24-20-7-5-4-6-19(18)20;1-15(2)27-8-10-28(11-9-27)22-24-21(25-26-22)20(29)13-16(3)12-17-14-23-19-7-5-4-6-18(17)19;1-15(2)26-8-10-27(11-9-26)22-25-24-21(29-22)20(28)13-16(3)12-17-14-23-19-7-5-4-6-18(17)19/h4-7,14-17,24H,8-13H2,1-3H3;4-7,14-16,23H,8-13H2,1-3H3,(H,24,25,26);4-7,14-16,23H,8-13H2,1-3H3. The molecule has 87 heavy (non-hydrogen) atoms. The van der Waals surface area contributed by atoms with Gasteiger partial charge in [0.05, 0.1) is 6.20 Å². The average Bonchev–Trinajstić information content (AvgIpc) is 3.66. The highest BCUT2D eigenvalue weighted by Gasteiger charge is 2.28. The molecule has 0 amide bonds. The number of benzene rings is 3. The highest BCUT2D eigenvalue weighted by molar-refractivity contribution is 7.17. The van der Waals surface area contributed by atoms with Gasteiger partial charge in [0.15, 0.2) is 33.9 Å². The molecule has 4 N–H and O–H groups in total. The third-order valence-corrected chi connectivity index (χ3v) is 18.5. The van der Waals surface area contributed by atoms with Gasteiger partial charge in [0.2, 0.25) is 11.1 Å². The van der Waals surface area contributed by atoms with Gasteiger partial charge in [-0.2, -0.15) is 4.98 Å². The Bertz CT molecular complexity index is 3280. The number of nitrogens with zero attached hydrogens (tertiary/aromatic N) is 11. The Kier molecular flexibility index (Phi) is 20.8. The highest BCUT2D eigenvalue weighted by atomic mass is 32.1. The van der Waals surface area contributed by atoms with E-state index in [0.717, 1.165) is 119 Å². The zero-order valence-corrected chi connectivity index (χ0v) is 53.2. The Morgan fingerprint density at radius 3 is 1.38 bits per heavy atom. The number of H-pyrrole nitrogens is 4. The molecule has 12 rings (SSSR count). The minimum Gasteiger partial charge on any atom is -0.420 e. The van der Waals surface area contributed by atoms with Gasteiger partial charge in [0.25, 0.3) is 6.01 Å². The number of oxazole rings is 1. The molecule has 6 aromatic heterocycles. The number of aromatic nitrogens is 9. The third kappa shape index (κ3) is 16.0. The summed E-state index contributed by atoms with van der Waals surface area (Å²) >= 11 is 1.44. The molecule has 3 aliphatic rings. The predicted octanol–water partition coefficient (Wildman–Crippen LogP) is 11.4. The molecule has 0 saturated carbocycles. The van der Waals surface area contributed by atoms with Gasteiger partial charge in [-0.25, -0.2) is 4.98 Å². The zero-order valence-electron chi connectivity index (χ0n) is 52.4. The smallest absolute Gasteiger partial charge is 0.297 e. The van der Waals surface area contributed by atoms with E-state index in [9.17, 15) is 14.4 Å². The lowest BCUT2D eigenvalue weighted by Gasteiger charge is -2.36. The number of rotatable bonds is 21. The van der Waals surface area contributed by atoms with Crippen molar-refractivity contribution in [2.24, 2.45) is 17.8 Å². The molecule has 3 unspecified atom stereocenters. The number of carbonyl (C=O) groups excluding carboxylic acids is 3. The summed E-state index contributed by atoms with van der Waals surface area (Å²) in [5, 5.41) is 20.8. The number of nitrogens with one attached hydrogen (secondary N) is 4. The largest absolute Gasteiger partial charge is 0.420 e. The van der Waals surface area contributed by atoms with E-state index in [-0.39, 0.29) is 35.1 Å². The number of hydrogen-bond donors (Lipinski definition) is 4. The first kappa shape index (κ1) is 62.5. The summed E-state index contributed by atoms with van der Waals surface area (Å²) in [5.41, 5.74) is 7.19. The van der Waals surface area contributed by atoms with E-state index in [1.807, 2.05) is 30.3 Å². The summed E-state index contributed by atoms with van der Waals surface area (Å²) in [6.07, 6.45) is 11.7. The molecule has 20 heteroatoms. The van der Waals surface area contributed by atoms with Crippen LogP contribution in [0.15, 0.2) is 102 Å². The normalized spacial score (nSPS) is 16.6. The van der Waals surface area contributed by atoms with Crippen LogP contribution in [0.2, 0.25) is 0 Å². The quantitative estimate of drug-likeness (QED) is 0.0493. The summed E-state index contributed by atoms with van der Waals surface area (Å²) < 4.78 is 5.83. The van der Waals surface area contributed by atoms with Gasteiger partial charge in [0, 0.05) is 167 Å². The number of carbonyl (C=O) groups is 3. The van der Waals surface area contributed by atoms with E-state index in [1.165, 1.54) is 44.2 Å². The predicted molar refractivity (Wildman–Crippen MR) is 350 cm³/mol. The van der Waals surface area contributed by atoms with E-state index >= 15 is 0 Å². The molecule has 3 aromatic carbocycles. The minimum absolute atomic E-state index is 0.0249. The van der Waals surface area contributed by atoms with E-state index in [2.05, 4.69) is 198 Å². The second-order valence-electron chi connectivity index (χ2n) is 25.1. The second kappa shape index (κ2) is 29.0. The topological polar surface area (TPSA) is 211 Å². The van der Waals surface area contributed by atoms with Crippen LogP contribution in [-0.2, 0) is 19.3 Å².